The lowest BCUT2D eigenvalue weighted by atomic mass is 9.69. The molecule has 0 bridgehead atoms. The maximum absolute atomic E-state index is 14.0. The van der Waals surface area contributed by atoms with Crippen molar-refractivity contribution in [2.75, 3.05) is 7.11 Å². The van der Waals surface area contributed by atoms with Gasteiger partial charge in [0.15, 0.2) is 5.78 Å². The van der Waals surface area contributed by atoms with Gasteiger partial charge in [0.25, 0.3) is 5.56 Å². The average Bonchev–Trinajstić information content (AvgIpc) is 2.88. The molecule has 2 aliphatic rings. The van der Waals surface area contributed by atoms with Crippen LogP contribution in [-0.2, 0) is 11.8 Å². The number of carboxylic acids is 1. The zero-order valence-corrected chi connectivity index (χ0v) is 23.8. The van der Waals surface area contributed by atoms with Crippen LogP contribution in [0.25, 0.3) is 11.3 Å². The van der Waals surface area contributed by atoms with Crippen molar-refractivity contribution in [1.29, 1.82) is 0 Å². The van der Waals surface area contributed by atoms with Crippen LogP contribution in [0.4, 0.5) is 0 Å². The summed E-state index contributed by atoms with van der Waals surface area (Å²) < 4.78 is 13.6. The van der Waals surface area contributed by atoms with Gasteiger partial charge in [-0.3, -0.25) is 14.2 Å². The molecule has 0 saturated carbocycles. The van der Waals surface area contributed by atoms with Gasteiger partial charge in [-0.25, -0.2) is 9.78 Å². The number of ether oxygens (including phenoxy) is 2. The number of benzene rings is 1. The number of aromatic carboxylic acids is 1. The minimum atomic E-state index is -1.13. The minimum Gasteiger partial charge on any atom is -0.496 e. The Morgan fingerprint density at radius 2 is 1.85 bits per heavy atom. The highest BCUT2D eigenvalue weighted by molar-refractivity contribution is 6.00. The molecule has 1 unspecified atom stereocenters. The van der Waals surface area contributed by atoms with Crippen LogP contribution < -0.4 is 15.0 Å². The summed E-state index contributed by atoms with van der Waals surface area (Å²) in [7, 11) is 3.22. The van der Waals surface area contributed by atoms with Crippen LogP contribution in [-0.4, -0.2) is 38.5 Å². The molecule has 0 spiro atoms. The lowest BCUT2D eigenvalue weighted by Crippen LogP contribution is -2.38. The number of ketones is 1. The van der Waals surface area contributed by atoms with Gasteiger partial charge >= 0.3 is 5.97 Å². The predicted molar refractivity (Wildman–Crippen MR) is 149 cm³/mol. The maximum Gasteiger partial charge on any atom is 0.354 e. The van der Waals surface area contributed by atoms with Crippen molar-refractivity contribution in [3.05, 3.63) is 80.2 Å². The quantitative estimate of drug-likeness (QED) is 0.469. The highest BCUT2D eigenvalue weighted by atomic mass is 16.5. The summed E-state index contributed by atoms with van der Waals surface area (Å²) >= 11 is 0. The summed E-state index contributed by atoms with van der Waals surface area (Å²) in [5.41, 5.74) is 2.50. The van der Waals surface area contributed by atoms with E-state index >= 15 is 0 Å². The number of rotatable bonds is 5. The SMILES string of the molecule is COc1ccc(-c2cccc(C(=O)O)n2)c(C)c1C1C2=C(CC(C)(C)CC2=O)Oc2nc(C(C)C)n(C)c(=O)c21. The molecule has 2 aromatic heterocycles. The number of Topliss-reactive ketones (excluding diaryl/α,β-unsaturated/α-hetero) is 1. The molecule has 1 atom stereocenters. The van der Waals surface area contributed by atoms with E-state index in [1.165, 1.54) is 10.6 Å². The smallest absolute Gasteiger partial charge is 0.354 e. The van der Waals surface area contributed by atoms with Gasteiger partial charge in [0.1, 0.15) is 23.0 Å². The van der Waals surface area contributed by atoms with Gasteiger partial charge in [-0.1, -0.05) is 33.8 Å². The number of pyridine rings is 1. The summed E-state index contributed by atoms with van der Waals surface area (Å²) in [5, 5.41) is 9.51. The molecular weight excluding hydrogens is 510 g/mol. The van der Waals surface area contributed by atoms with E-state index < -0.39 is 11.9 Å². The number of methoxy groups -OCH3 is 1. The second kappa shape index (κ2) is 9.73. The Kier molecular flexibility index (Phi) is 6.64. The zero-order chi connectivity index (χ0) is 29.1. The molecular formula is C31H33N3O6. The number of aromatic nitrogens is 3. The molecule has 5 rings (SSSR count). The van der Waals surface area contributed by atoms with E-state index in [-0.39, 0.29) is 39.8 Å². The Labute approximate surface area is 232 Å². The molecule has 0 fully saturated rings. The molecule has 40 heavy (non-hydrogen) atoms. The van der Waals surface area contributed by atoms with Crippen molar-refractivity contribution in [1.82, 2.24) is 14.5 Å². The monoisotopic (exact) mass is 543 g/mol. The summed E-state index contributed by atoms with van der Waals surface area (Å²) in [4.78, 5) is 48.6. The lowest BCUT2D eigenvalue weighted by Gasteiger charge is -2.38. The first kappa shape index (κ1) is 27.3. The van der Waals surface area contributed by atoms with Crippen LogP contribution >= 0.6 is 0 Å². The third kappa shape index (κ3) is 4.39. The van der Waals surface area contributed by atoms with Gasteiger partial charge in [0.05, 0.1) is 24.3 Å². The van der Waals surface area contributed by atoms with Crippen LogP contribution in [0.15, 0.2) is 46.5 Å². The van der Waals surface area contributed by atoms with E-state index in [1.54, 1.807) is 32.4 Å². The normalized spacial score (nSPS) is 17.8. The van der Waals surface area contributed by atoms with E-state index in [4.69, 9.17) is 14.5 Å². The molecule has 1 aliphatic heterocycles. The molecule has 208 valence electrons. The van der Waals surface area contributed by atoms with E-state index in [0.717, 1.165) is 0 Å². The first-order valence-electron chi connectivity index (χ1n) is 13.3. The number of carboxylic acid groups (broad SMARTS) is 1. The average molecular weight is 544 g/mol. The molecule has 3 aromatic rings. The predicted octanol–water partition coefficient (Wildman–Crippen LogP) is 5.15. The topological polar surface area (TPSA) is 121 Å². The number of hydrogen-bond donors (Lipinski definition) is 1. The van der Waals surface area contributed by atoms with Crippen molar-refractivity contribution in [3.63, 3.8) is 0 Å². The van der Waals surface area contributed by atoms with Crippen LogP contribution in [0, 0.1) is 12.3 Å². The lowest BCUT2D eigenvalue weighted by molar-refractivity contribution is -0.118. The first-order valence-corrected chi connectivity index (χ1v) is 13.3. The van der Waals surface area contributed by atoms with Gasteiger partial charge in [0.2, 0.25) is 5.88 Å². The Balaban J connectivity index is 1.85. The van der Waals surface area contributed by atoms with E-state index in [0.29, 0.717) is 58.1 Å². The molecule has 0 radical (unpaired) electrons. The van der Waals surface area contributed by atoms with Gasteiger partial charge in [-0.15, -0.1) is 0 Å². The first-order chi connectivity index (χ1) is 18.8. The van der Waals surface area contributed by atoms with Crippen LogP contribution in [0.3, 0.4) is 0 Å². The highest BCUT2D eigenvalue weighted by Crippen LogP contribution is 2.51. The summed E-state index contributed by atoms with van der Waals surface area (Å²) in [5.74, 6) is -0.231. The van der Waals surface area contributed by atoms with E-state index in [9.17, 15) is 19.5 Å². The molecule has 9 nitrogen and oxygen atoms in total. The zero-order valence-electron chi connectivity index (χ0n) is 23.8. The van der Waals surface area contributed by atoms with Gasteiger partial charge in [-0.05, 0) is 42.2 Å². The third-order valence-corrected chi connectivity index (χ3v) is 7.75. The number of carbonyl (C=O) groups is 2. The standard InChI is InChI=1S/C31H33N3O6/c1-15(2)27-33-28-26(29(36)34(27)6)25(24-20(35)13-31(4,5)14-22(24)40-28)23-16(3)17(11-12-21(23)39-7)18-9-8-10-19(32-18)30(37)38/h8-12,15,25H,13-14H2,1-7H3,(H,37,38). The number of nitrogens with zero attached hydrogens (tertiary/aromatic N) is 3. The Morgan fingerprint density at radius 1 is 1.12 bits per heavy atom. The fourth-order valence-corrected chi connectivity index (χ4v) is 5.92. The molecule has 9 heteroatoms. The highest BCUT2D eigenvalue weighted by Gasteiger charge is 2.45. The second-order valence-electron chi connectivity index (χ2n) is 11.6. The minimum absolute atomic E-state index is 0.0305. The van der Waals surface area contributed by atoms with Crippen molar-refractivity contribution in [2.45, 2.75) is 59.3 Å². The summed E-state index contributed by atoms with van der Waals surface area (Å²) in [6, 6.07) is 8.38. The number of fused-ring (bicyclic) bond motifs is 1. The largest absolute Gasteiger partial charge is 0.496 e. The van der Waals surface area contributed by atoms with Crippen LogP contribution in [0.5, 0.6) is 11.6 Å². The fourth-order valence-electron chi connectivity index (χ4n) is 5.92. The Bertz CT molecular complexity index is 1660. The summed E-state index contributed by atoms with van der Waals surface area (Å²) in [6.45, 7) is 9.83. The van der Waals surface area contributed by atoms with Crippen molar-refractivity contribution in [2.24, 2.45) is 12.5 Å². The molecule has 1 aliphatic carbocycles. The van der Waals surface area contributed by atoms with Gasteiger partial charge < -0.3 is 14.6 Å². The molecule has 3 heterocycles. The number of allylic oxidation sites excluding steroid dienone is 2. The van der Waals surface area contributed by atoms with Crippen molar-refractivity contribution < 1.29 is 24.2 Å². The maximum atomic E-state index is 14.0. The molecule has 1 aromatic carbocycles. The molecule has 0 saturated heterocycles. The van der Waals surface area contributed by atoms with Crippen LogP contribution in [0.2, 0.25) is 0 Å². The van der Waals surface area contributed by atoms with Crippen molar-refractivity contribution in [3.8, 4) is 22.9 Å². The second-order valence-corrected chi connectivity index (χ2v) is 11.6. The number of hydrogen-bond acceptors (Lipinski definition) is 7. The Morgan fingerprint density at radius 3 is 2.50 bits per heavy atom. The van der Waals surface area contributed by atoms with Crippen LogP contribution in [0.1, 0.15) is 85.4 Å². The molecule has 0 amide bonds. The number of carbonyl (C=O) groups excluding carboxylic acids is 1. The Hall–Kier alpha value is -4.27. The third-order valence-electron chi connectivity index (χ3n) is 7.75. The fraction of sp³-hybridized carbons (Fsp3) is 0.387. The van der Waals surface area contributed by atoms with Gasteiger partial charge in [0, 0.05) is 42.5 Å². The summed E-state index contributed by atoms with van der Waals surface area (Å²) in [6.07, 6.45) is 0.823. The van der Waals surface area contributed by atoms with Crippen molar-refractivity contribution >= 4 is 11.8 Å². The molecule has 1 N–H and O–H groups in total. The van der Waals surface area contributed by atoms with E-state index in [1.807, 2.05) is 40.7 Å². The van der Waals surface area contributed by atoms with Gasteiger partial charge in [-0.2, -0.15) is 4.98 Å². The van der Waals surface area contributed by atoms with E-state index in [2.05, 4.69) is 4.98 Å².